The van der Waals surface area contributed by atoms with Gasteiger partial charge in [-0.1, -0.05) is 336 Å². The van der Waals surface area contributed by atoms with Gasteiger partial charge >= 0.3 is 17.9 Å². The predicted octanol–water partition coefficient (Wildman–Crippen LogP) is 22.0. The van der Waals surface area contributed by atoms with Crippen molar-refractivity contribution in [2.24, 2.45) is 11.8 Å². The summed E-state index contributed by atoms with van der Waals surface area (Å²) in [6.07, 6.45) is 65.3. The first kappa shape index (κ1) is 70.4. The molecule has 0 aliphatic rings. The Kier molecular flexibility index (Phi) is 57.4. The summed E-state index contributed by atoms with van der Waals surface area (Å²) in [5.41, 5.74) is 0. The Hall–Kier alpha value is -1.59. The molecule has 0 heterocycles. The highest BCUT2D eigenvalue weighted by molar-refractivity contribution is 5.71. The summed E-state index contributed by atoms with van der Waals surface area (Å²) in [7, 11) is 0. The third-order valence-electron chi connectivity index (χ3n) is 15.2. The standard InChI is InChI=1S/C66H128O6/c1-6-7-8-9-10-11-12-13-14-15-16-17-22-27-33-38-43-48-53-58-66(69)72-63(60-71-65(68)57-52-47-42-37-32-28-23-25-30-35-40-45-50-55-62(4)5)59-70-64(67)56-51-46-41-36-31-26-21-19-18-20-24-29-34-39-44-49-54-61(2)3/h61-63H,6-60H2,1-5H3/t63-/m0/s1. The zero-order chi connectivity index (χ0) is 52.5. The summed E-state index contributed by atoms with van der Waals surface area (Å²) in [6, 6.07) is 0. The zero-order valence-corrected chi connectivity index (χ0v) is 49.6. The van der Waals surface area contributed by atoms with Crippen molar-refractivity contribution < 1.29 is 28.6 Å². The van der Waals surface area contributed by atoms with Crippen molar-refractivity contribution in [3.63, 3.8) is 0 Å². The number of hydrogen-bond donors (Lipinski definition) is 0. The second kappa shape index (κ2) is 58.7. The fraction of sp³-hybridized carbons (Fsp3) is 0.955. The quantitative estimate of drug-likeness (QED) is 0.0343. The third kappa shape index (κ3) is 59.3. The fourth-order valence-corrected chi connectivity index (χ4v) is 10.3. The van der Waals surface area contributed by atoms with Gasteiger partial charge in [-0.2, -0.15) is 0 Å². The normalized spacial score (nSPS) is 12.0. The van der Waals surface area contributed by atoms with Crippen LogP contribution in [0.25, 0.3) is 0 Å². The van der Waals surface area contributed by atoms with E-state index in [0.29, 0.717) is 19.3 Å². The molecule has 72 heavy (non-hydrogen) atoms. The number of carbonyl (C=O) groups is 3. The number of rotatable bonds is 60. The van der Waals surface area contributed by atoms with Gasteiger partial charge in [-0.15, -0.1) is 0 Å². The molecular formula is C66H128O6. The molecule has 0 unspecified atom stereocenters. The number of ether oxygens (including phenoxy) is 3. The van der Waals surface area contributed by atoms with Crippen molar-refractivity contribution in [3.8, 4) is 0 Å². The van der Waals surface area contributed by atoms with Crippen LogP contribution in [0.4, 0.5) is 0 Å². The van der Waals surface area contributed by atoms with Gasteiger partial charge in [0.15, 0.2) is 6.10 Å². The molecule has 0 saturated heterocycles. The maximum Gasteiger partial charge on any atom is 0.306 e. The maximum absolute atomic E-state index is 12.9. The molecule has 1 atom stereocenters. The van der Waals surface area contributed by atoms with E-state index >= 15 is 0 Å². The highest BCUT2D eigenvalue weighted by Gasteiger charge is 2.19. The molecular weight excluding hydrogens is 889 g/mol. The lowest BCUT2D eigenvalue weighted by Gasteiger charge is -2.18. The SMILES string of the molecule is CCCCCCCCCCCCCCCCCCCCCC(=O)O[C@@H](COC(=O)CCCCCCCCCCCCCCCCCCC(C)C)COC(=O)CCCCCCCCCCCCCCCC(C)C. The summed E-state index contributed by atoms with van der Waals surface area (Å²) in [5.74, 6) is 0.863. The minimum atomic E-state index is -0.764. The molecule has 0 radical (unpaired) electrons. The van der Waals surface area contributed by atoms with Crippen molar-refractivity contribution >= 4 is 17.9 Å². The summed E-state index contributed by atoms with van der Waals surface area (Å²) in [5, 5.41) is 0. The lowest BCUT2D eigenvalue weighted by Crippen LogP contribution is -2.30. The highest BCUT2D eigenvalue weighted by atomic mass is 16.6. The van der Waals surface area contributed by atoms with Gasteiger partial charge in [0.25, 0.3) is 0 Å². The fourth-order valence-electron chi connectivity index (χ4n) is 10.3. The molecule has 0 amide bonds. The Balaban J connectivity index is 4.28. The minimum absolute atomic E-state index is 0.0617. The van der Waals surface area contributed by atoms with Crippen molar-refractivity contribution in [1.29, 1.82) is 0 Å². The van der Waals surface area contributed by atoms with E-state index in [1.807, 2.05) is 0 Å². The smallest absolute Gasteiger partial charge is 0.306 e. The Morgan fingerprint density at radius 1 is 0.264 bits per heavy atom. The van der Waals surface area contributed by atoms with Crippen molar-refractivity contribution in [1.82, 2.24) is 0 Å². The molecule has 0 saturated carbocycles. The van der Waals surface area contributed by atoms with Gasteiger partial charge in [0.1, 0.15) is 13.2 Å². The van der Waals surface area contributed by atoms with E-state index in [4.69, 9.17) is 14.2 Å². The third-order valence-corrected chi connectivity index (χ3v) is 15.2. The molecule has 0 aromatic heterocycles. The summed E-state index contributed by atoms with van der Waals surface area (Å²) in [6.45, 7) is 11.5. The lowest BCUT2D eigenvalue weighted by molar-refractivity contribution is -0.167. The molecule has 0 aromatic rings. The van der Waals surface area contributed by atoms with Crippen molar-refractivity contribution in [2.75, 3.05) is 13.2 Å². The Labute approximate surface area is 450 Å². The number of hydrogen-bond acceptors (Lipinski definition) is 6. The Morgan fingerprint density at radius 3 is 0.681 bits per heavy atom. The van der Waals surface area contributed by atoms with E-state index < -0.39 is 6.10 Å². The van der Waals surface area contributed by atoms with Crippen LogP contribution >= 0.6 is 0 Å². The van der Waals surface area contributed by atoms with Gasteiger partial charge in [-0.05, 0) is 31.1 Å². The summed E-state index contributed by atoms with van der Waals surface area (Å²) < 4.78 is 17.0. The zero-order valence-electron chi connectivity index (χ0n) is 49.6. The average molecular weight is 1020 g/mol. The van der Waals surface area contributed by atoms with E-state index in [-0.39, 0.29) is 31.1 Å². The van der Waals surface area contributed by atoms with Crippen molar-refractivity contribution in [2.45, 2.75) is 381 Å². The second-order valence-electron chi connectivity index (χ2n) is 23.7. The molecule has 0 rings (SSSR count). The van der Waals surface area contributed by atoms with Gasteiger partial charge in [-0.25, -0.2) is 0 Å². The van der Waals surface area contributed by atoms with Crippen LogP contribution in [0, 0.1) is 11.8 Å². The summed E-state index contributed by atoms with van der Waals surface area (Å²) >= 11 is 0. The van der Waals surface area contributed by atoms with E-state index in [1.165, 1.54) is 263 Å². The van der Waals surface area contributed by atoms with Crippen LogP contribution in [0.15, 0.2) is 0 Å². The molecule has 0 spiro atoms. The predicted molar refractivity (Wildman–Crippen MR) is 312 cm³/mol. The summed E-state index contributed by atoms with van der Waals surface area (Å²) in [4.78, 5) is 38.3. The first-order chi connectivity index (χ1) is 35.2. The van der Waals surface area contributed by atoms with Gasteiger partial charge in [-0.3, -0.25) is 14.4 Å². The monoisotopic (exact) mass is 1020 g/mol. The van der Waals surface area contributed by atoms with Gasteiger partial charge < -0.3 is 14.2 Å². The van der Waals surface area contributed by atoms with Crippen LogP contribution in [0.2, 0.25) is 0 Å². The maximum atomic E-state index is 12.9. The topological polar surface area (TPSA) is 78.9 Å². The molecule has 0 N–H and O–H groups in total. The van der Waals surface area contributed by atoms with E-state index in [1.54, 1.807) is 0 Å². The lowest BCUT2D eigenvalue weighted by atomic mass is 10.0. The van der Waals surface area contributed by atoms with Crippen LogP contribution < -0.4 is 0 Å². The van der Waals surface area contributed by atoms with Gasteiger partial charge in [0.2, 0.25) is 0 Å². The molecule has 0 aliphatic carbocycles. The van der Waals surface area contributed by atoms with Crippen molar-refractivity contribution in [3.05, 3.63) is 0 Å². The molecule has 0 bridgehead atoms. The average Bonchev–Trinajstić information content (AvgIpc) is 3.36. The molecule has 6 nitrogen and oxygen atoms in total. The Morgan fingerprint density at radius 2 is 0.458 bits per heavy atom. The minimum Gasteiger partial charge on any atom is -0.462 e. The number of esters is 3. The molecule has 0 aliphatic heterocycles. The van der Waals surface area contributed by atoms with E-state index in [0.717, 1.165) is 69.6 Å². The molecule has 6 heteroatoms. The molecule has 428 valence electrons. The largest absolute Gasteiger partial charge is 0.462 e. The first-order valence-electron chi connectivity index (χ1n) is 32.7. The molecule has 0 fully saturated rings. The van der Waals surface area contributed by atoms with E-state index in [2.05, 4.69) is 34.6 Å². The van der Waals surface area contributed by atoms with Crippen LogP contribution in [0.5, 0.6) is 0 Å². The van der Waals surface area contributed by atoms with Crippen LogP contribution in [0.3, 0.4) is 0 Å². The highest BCUT2D eigenvalue weighted by Crippen LogP contribution is 2.19. The van der Waals surface area contributed by atoms with Crippen LogP contribution in [0.1, 0.15) is 375 Å². The number of carbonyl (C=O) groups excluding carboxylic acids is 3. The first-order valence-corrected chi connectivity index (χ1v) is 32.7. The second-order valence-corrected chi connectivity index (χ2v) is 23.7. The van der Waals surface area contributed by atoms with Crippen LogP contribution in [-0.2, 0) is 28.6 Å². The molecule has 0 aromatic carbocycles. The van der Waals surface area contributed by atoms with Gasteiger partial charge in [0, 0.05) is 19.3 Å². The Bertz CT molecular complexity index is 1100. The van der Waals surface area contributed by atoms with Gasteiger partial charge in [0.05, 0.1) is 0 Å². The number of unbranched alkanes of at least 4 members (excludes halogenated alkanes) is 45. The van der Waals surface area contributed by atoms with E-state index in [9.17, 15) is 14.4 Å². The van der Waals surface area contributed by atoms with Crippen LogP contribution in [-0.4, -0.2) is 37.2 Å².